The Balaban J connectivity index is 1.49. The van der Waals surface area contributed by atoms with Crippen molar-refractivity contribution in [1.82, 2.24) is 19.7 Å². The minimum atomic E-state index is -0.878. The predicted molar refractivity (Wildman–Crippen MR) is 151 cm³/mol. The van der Waals surface area contributed by atoms with Crippen LogP contribution in [0.1, 0.15) is 16.7 Å². The van der Waals surface area contributed by atoms with E-state index in [9.17, 15) is 4.79 Å². The quantitative estimate of drug-likeness (QED) is 0.234. The number of nitrogens with zero attached hydrogens (tertiary/aromatic N) is 4. The van der Waals surface area contributed by atoms with E-state index in [-0.39, 0.29) is 12.5 Å². The third-order valence-corrected chi connectivity index (χ3v) is 6.94. The summed E-state index contributed by atoms with van der Waals surface area (Å²) >= 11 is 0. The van der Waals surface area contributed by atoms with Crippen molar-refractivity contribution < 1.29 is 19.0 Å². The Kier molecular flexibility index (Phi) is 9.47. The number of hydrogen-bond donors (Lipinski definition) is 0. The molecule has 4 atom stereocenters. The molecule has 5 rings (SSSR count). The van der Waals surface area contributed by atoms with Gasteiger partial charge in [-0.1, -0.05) is 97.1 Å². The molecule has 0 spiro atoms. The highest BCUT2D eigenvalue weighted by atomic mass is 16.6. The van der Waals surface area contributed by atoms with Crippen LogP contribution >= 0.6 is 0 Å². The van der Waals surface area contributed by atoms with Crippen LogP contribution in [0.25, 0.3) is 0 Å². The molecule has 1 aromatic heterocycles. The Hall–Kier alpha value is -4.11. The van der Waals surface area contributed by atoms with Gasteiger partial charge in [-0.2, -0.15) is 5.10 Å². The summed E-state index contributed by atoms with van der Waals surface area (Å²) in [7, 11) is 0. The van der Waals surface area contributed by atoms with Crippen LogP contribution in [0.2, 0.25) is 0 Å². The normalized spacial score (nSPS) is 20.9. The molecule has 2 heterocycles. The second kappa shape index (κ2) is 13.8. The summed E-state index contributed by atoms with van der Waals surface area (Å²) < 4.78 is 21.3. The summed E-state index contributed by atoms with van der Waals surface area (Å²) in [5.74, 6) is -0.168. The second-order valence-electron chi connectivity index (χ2n) is 9.70. The predicted octanol–water partition coefficient (Wildman–Crippen LogP) is 4.43. The van der Waals surface area contributed by atoms with Crippen molar-refractivity contribution in [3.63, 3.8) is 0 Å². The smallest absolute Gasteiger partial charge is 0.255 e. The topological polar surface area (TPSA) is 78.7 Å². The summed E-state index contributed by atoms with van der Waals surface area (Å²) in [5.41, 5.74) is 3.00. The summed E-state index contributed by atoms with van der Waals surface area (Å²) in [6.07, 6.45) is 2.78. The van der Waals surface area contributed by atoms with Crippen molar-refractivity contribution >= 4 is 5.91 Å². The summed E-state index contributed by atoms with van der Waals surface area (Å²) in [6.45, 7) is 5.56. The Morgan fingerprint density at radius 3 is 1.77 bits per heavy atom. The fraction of sp³-hybridized carbons (Fsp3) is 0.281. The van der Waals surface area contributed by atoms with Crippen LogP contribution in [0.5, 0.6) is 0 Å². The summed E-state index contributed by atoms with van der Waals surface area (Å²) in [5, 5.41) is 4.31. The van der Waals surface area contributed by atoms with Gasteiger partial charge < -0.3 is 19.1 Å². The molecule has 1 aliphatic rings. The number of rotatable bonds is 13. The number of piperidine rings is 1. The lowest BCUT2D eigenvalue weighted by Gasteiger charge is -2.47. The van der Waals surface area contributed by atoms with Crippen molar-refractivity contribution in [2.75, 3.05) is 6.54 Å². The highest BCUT2D eigenvalue weighted by Gasteiger charge is 2.50. The fourth-order valence-electron chi connectivity index (χ4n) is 4.97. The molecular formula is C32H34N4O4. The van der Waals surface area contributed by atoms with Gasteiger partial charge in [0.25, 0.3) is 5.91 Å². The second-order valence-corrected chi connectivity index (χ2v) is 9.70. The van der Waals surface area contributed by atoms with Crippen LogP contribution in [0.4, 0.5) is 0 Å². The van der Waals surface area contributed by atoms with E-state index in [1.54, 1.807) is 22.0 Å². The van der Waals surface area contributed by atoms with E-state index in [0.717, 1.165) is 16.7 Å². The first kappa shape index (κ1) is 27.5. The van der Waals surface area contributed by atoms with Crippen LogP contribution in [-0.4, -0.2) is 56.5 Å². The summed E-state index contributed by atoms with van der Waals surface area (Å²) in [4.78, 5) is 20.0. The number of benzene rings is 3. The number of carbonyl (C=O) groups excluding carboxylic acids is 1. The van der Waals surface area contributed by atoms with Gasteiger partial charge in [0, 0.05) is 6.54 Å². The number of likely N-dealkylation sites (tertiary alicyclic amines) is 1. The molecule has 1 aliphatic heterocycles. The average Bonchev–Trinajstić information content (AvgIpc) is 3.52. The molecule has 4 aromatic rings. The van der Waals surface area contributed by atoms with Crippen molar-refractivity contribution in [1.29, 1.82) is 0 Å². The maximum absolute atomic E-state index is 14.1. The van der Waals surface area contributed by atoms with Gasteiger partial charge in [-0.3, -0.25) is 9.48 Å². The van der Waals surface area contributed by atoms with Gasteiger partial charge in [0.05, 0.1) is 32.4 Å². The van der Waals surface area contributed by atoms with Crippen LogP contribution < -0.4 is 0 Å². The number of aromatic nitrogens is 3. The van der Waals surface area contributed by atoms with Crippen molar-refractivity contribution in [3.05, 3.63) is 133 Å². The largest absolute Gasteiger partial charge is 0.368 e. The molecule has 0 radical (unpaired) electrons. The van der Waals surface area contributed by atoms with Crippen LogP contribution in [-0.2, 0) is 45.4 Å². The van der Waals surface area contributed by atoms with E-state index in [2.05, 4.69) is 16.7 Å². The number of hydrogen-bond acceptors (Lipinski definition) is 6. The lowest BCUT2D eigenvalue weighted by molar-refractivity contribution is -0.209. The summed E-state index contributed by atoms with van der Waals surface area (Å²) in [6, 6.07) is 29.3. The molecule has 206 valence electrons. The van der Waals surface area contributed by atoms with Crippen molar-refractivity contribution in [2.24, 2.45) is 0 Å². The molecule has 40 heavy (non-hydrogen) atoms. The molecule has 8 nitrogen and oxygen atoms in total. The van der Waals surface area contributed by atoms with Gasteiger partial charge >= 0.3 is 0 Å². The third kappa shape index (κ3) is 6.90. The monoisotopic (exact) mass is 538 g/mol. The molecule has 3 aromatic carbocycles. The maximum atomic E-state index is 14.1. The van der Waals surface area contributed by atoms with Gasteiger partial charge in [0.2, 0.25) is 0 Å². The Labute approximate surface area is 234 Å². The first-order valence-electron chi connectivity index (χ1n) is 13.4. The zero-order valence-corrected chi connectivity index (χ0v) is 22.4. The van der Waals surface area contributed by atoms with Gasteiger partial charge in [0.1, 0.15) is 24.9 Å². The molecule has 1 saturated heterocycles. The van der Waals surface area contributed by atoms with Crippen LogP contribution in [0.3, 0.4) is 0 Å². The first-order valence-corrected chi connectivity index (χ1v) is 13.4. The minimum absolute atomic E-state index is 0.168. The Morgan fingerprint density at radius 2 is 1.27 bits per heavy atom. The molecule has 1 fully saturated rings. The van der Waals surface area contributed by atoms with E-state index in [0.29, 0.717) is 26.3 Å². The molecule has 8 heteroatoms. The number of carbonyl (C=O) groups is 1. The van der Waals surface area contributed by atoms with E-state index < -0.39 is 24.4 Å². The standard InChI is InChI=1S/C32H34N4O4/c1-2-18-36-28(19-35-24-33-23-34-35)29(38-20-25-12-6-3-7-13-25)30(39-21-26-14-8-4-9-15-26)31(32(36)37)40-22-27-16-10-5-11-17-27/h2-17,23-24,28-31H,1,18-22H2. The number of amides is 1. The average molecular weight is 539 g/mol. The van der Waals surface area contributed by atoms with E-state index >= 15 is 0 Å². The van der Waals surface area contributed by atoms with Crippen LogP contribution in [0.15, 0.2) is 116 Å². The zero-order valence-electron chi connectivity index (χ0n) is 22.4. The highest BCUT2D eigenvalue weighted by molar-refractivity contribution is 5.83. The molecule has 4 unspecified atom stereocenters. The molecule has 0 aliphatic carbocycles. The van der Waals surface area contributed by atoms with Crippen molar-refractivity contribution in [3.8, 4) is 0 Å². The third-order valence-electron chi connectivity index (χ3n) is 6.94. The van der Waals surface area contributed by atoms with E-state index in [1.165, 1.54) is 6.33 Å². The number of ether oxygens (including phenoxy) is 3. The Bertz CT molecular complexity index is 1320. The van der Waals surface area contributed by atoms with Gasteiger partial charge in [0.15, 0.2) is 6.10 Å². The molecule has 0 saturated carbocycles. The van der Waals surface area contributed by atoms with E-state index in [1.807, 2.05) is 91.0 Å². The Morgan fingerprint density at radius 1 is 0.750 bits per heavy atom. The highest BCUT2D eigenvalue weighted by Crippen LogP contribution is 2.30. The molecule has 0 bridgehead atoms. The fourth-order valence-corrected chi connectivity index (χ4v) is 4.97. The molecule has 0 N–H and O–H groups in total. The first-order chi connectivity index (χ1) is 19.7. The van der Waals surface area contributed by atoms with Crippen LogP contribution in [0, 0.1) is 0 Å². The van der Waals surface area contributed by atoms with Gasteiger partial charge in [-0.15, -0.1) is 6.58 Å². The minimum Gasteiger partial charge on any atom is -0.368 e. The maximum Gasteiger partial charge on any atom is 0.255 e. The zero-order chi connectivity index (χ0) is 27.6. The van der Waals surface area contributed by atoms with Gasteiger partial charge in [-0.05, 0) is 16.7 Å². The van der Waals surface area contributed by atoms with E-state index in [4.69, 9.17) is 14.2 Å². The molecular weight excluding hydrogens is 504 g/mol. The molecule has 1 amide bonds. The van der Waals surface area contributed by atoms with Gasteiger partial charge in [-0.25, -0.2) is 4.98 Å². The lowest BCUT2D eigenvalue weighted by Crippen LogP contribution is -2.67. The lowest BCUT2D eigenvalue weighted by atomic mass is 9.91. The van der Waals surface area contributed by atoms with Crippen molar-refractivity contribution in [2.45, 2.75) is 50.7 Å². The SMILES string of the molecule is C=CCN1C(=O)C(OCc2ccccc2)C(OCc2ccccc2)C(OCc2ccccc2)C1Cn1cncn1.